The molecule has 4 nitrogen and oxygen atoms in total. The Morgan fingerprint density at radius 3 is 2.70 bits per heavy atom. The van der Waals surface area contributed by atoms with Gasteiger partial charge in [-0.3, -0.25) is 4.79 Å². The minimum absolute atomic E-state index is 0.155. The number of hydrogen-bond acceptors (Lipinski definition) is 3. The molecule has 0 saturated carbocycles. The quantitative estimate of drug-likeness (QED) is 0.932. The smallest absolute Gasteiger partial charge is 0.257 e. The summed E-state index contributed by atoms with van der Waals surface area (Å²) in [5.41, 5.74) is 3.83. The molecule has 0 aliphatic rings. The van der Waals surface area contributed by atoms with Crippen molar-refractivity contribution in [1.29, 1.82) is 0 Å². The van der Waals surface area contributed by atoms with Gasteiger partial charge in [0.25, 0.3) is 5.91 Å². The molecule has 104 valence electrons. The van der Waals surface area contributed by atoms with Gasteiger partial charge in [0.05, 0.1) is 17.0 Å². The van der Waals surface area contributed by atoms with Crippen molar-refractivity contribution in [3.63, 3.8) is 0 Å². The first-order chi connectivity index (χ1) is 9.51. The minimum atomic E-state index is -0.155. The number of carbonyl (C=O) groups is 1. The number of halogens is 1. The van der Waals surface area contributed by atoms with Crippen LogP contribution in [0.25, 0.3) is 0 Å². The molecule has 5 heteroatoms. The van der Waals surface area contributed by atoms with E-state index in [9.17, 15) is 4.79 Å². The number of nitrogens with zero attached hydrogens (tertiary/aromatic N) is 2. The summed E-state index contributed by atoms with van der Waals surface area (Å²) >= 11 is 3.44. The Balaban J connectivity index is 2.30. The highest BCUT2D eigenvalue weighted by molar-refractivity contribution is 9.10. The molecule has 1 heterocycles. The van der Waals surface area contributed by atoms with Crippen molar-refractivity contribution in [2.75, 3.05) is 5.32 Å². The van der Waals surface area contributed by atoms with E-state index < -0.39 is 0 Å². The van der Waals surface area contributed by atoms with Gasteiger partial charge in [-0.15, -0.1) is 0 Å². The van der Waals surface area contributed by atoms with Crippen LogP contribution in [0.1, 0.15) is 34.2 Å². The van der Waals surface area contributed by atoms with Gasteiger partial charge < -0.3 is 5.32 Å². The maximum absolute atomic E-state index is 12.3. The molecular formula is C15H16BrN3O. The zero-order valence-corrected chi connectivity index (χ0v) is 13.3. The highest BCUT2D eigenvalue weighted by Gasteiger charge is 2.13. The second kappa shape index (κ2) is 6.13. The molecule has 1 amide bonds. The molecule has 20 heavy (non-hydrogen) atoms. The third kappa shape index (κ3) is 3.22. The number of nitrogens with one attached hydrogen (secondary N) is 1. The zero-order chi connectivity index (χ0) is 14.7. The summed E-state index contributed by atoms with van der Waals surface area (Å²) in [7, 11) is 0. The molecule has 2 aromatic rings. The number of aryl methyl sites for hydroxylation is 3. The lowest BCUT2D eigenvalue weighted by Crippen LogP contribution is -2.16. The number of amides is 1. The van der Waals surface area contributed by atoms with Crippen molar-refractivity contribution in [3.05, 3.63) is 51.3 Å². The predicted octanol–water partition coefficient (Wildman–Crippen LogP) is 3.67. The largest absolute Gasteiger partial charge is 0.322 e. The molecule has 1 aromatic heterocycles. The summed E-state index contributed by atoms with van der Waals surface area (Å²) < 4.78 is 1.00. The number of benzene rings is 1. The molecule has 0 saturated heterocycles. The van der Waals surface area contributed by atoms with Crippen LogP contribution in [-0.4, -0.2) is 16.1 Å². The Morgan fingerprint density at radius 2 is 2.00 bits per heavy atom. The predicted molar refractivity (Wildman–Crippen MR) is 83.0 cm³/mol. The molecule has 1 aromatic carbocycles. The lowest BCUT2D eigenvalue weighted by atomic mass is 10.1. The molecule has 0 spiro atoms. The zero-order valence-electron chi connectivity index (χ0n) is 11.7. The molecule has 0 unspecified atom stereocenters. The minimum Gasteiger partial charge on any atom is -0.322 e. The van der Waals surface area contributed by atoms with Crippen LogP contribution in [0.4, 0.5) is 5.69 Å². The van der Waals surface area contributed by atoms with E-state index in [2.05, 4.69) is 38.4 Å². The maximum Gasteiger partial charge on any atom is 0.257 e. The molecule has 0 atom stereocenters. The van der Waals surface area contributed by atoms with Crippen LogP contribution in [0.3, 0.4) is 0 Å². The molecule has 0 bridgehead atoms. The van der Waals surface area contributed by atoms with Crippen molar-refractivity contribution in [2.45, 2.75) is 27.2 Å². The van der Waals surface area contributed by atoms with Crippen LogP contribution in [0.5, 0.6) is 0 Å². The van der Waals surface area contributed by atoms with Crippen LogP contribution in [0.2, 0.25) is 0 Å². The van der Waals surface area contributed by atoms with Crippen LogP contribution < -0.4 is 5.32 Å². The summed E-state index contributed by atoms with van der Waals surface area (Å²) in [6.45, 7) is 5.66. The molecule has 0 aliphatic carbocycles. The van der Waals surface area contributed by atoms with E-state index in [-0.39, 0.29) is 5.91 Å². The highest BCUT2D eigenvalue weighted by Crippen LogP contribution is 2.22. The summed E-state index contributed by atoms with van der Waals surface area (Å²) in [6, 6.07) is 7.58. The fourth-order valence-corrected chi connectivity index (χ4v) is 2.35. The first-order valence-electron chi connectivity index (χ1n) is 6.42. The summed E-state index contributed by atoms with van der Waals surface area (Å²) in [5.74, 6) is -0.155. The van der Waals surface area contributed by atoms with E-state index in [1.54, 1.807) is 13.0 Å². The molecule has 2 rings (SSSR count). The van der Waals surface area contributed by atoms with Gasteiger partial charge in [-0.2, -0.15) is 10.2 Å². The van der Waals surface area contributed by atoms with Gasteiger partial charge in [0.1, 0.15) is 0 Å². The SMILES string of the molecule is CCc1cc(Br)ccc1NC(=O)c1cc(C)nnc1C. The maximum atomic E-state index is 12.3. The number of hydrogen-bond donors (Lipinski definition) is 1. The third-order valence-corrected chi connectivity index (χ3v) is 3.54. The van der Waals surface area contributed by atoms with Gasteiger partial charge in [0.15, 0.2) is 0 Å². The lowest BCUT2D eigenvalue weighted by Gasteiger charge is -2.11. The molecule has 0 fully saturated rings. The third-order valence-electron chi connectivity index (χ3n) is 3.04. The number of carbonyl (C=O) groups excluding carboxylic acids is 1. The Hall–Kier alpha value is -1.75. The van der Waals surface area contributed by atoms with Gasteiger partial charge in [-0.05, 0) is 50.1 Å². The van der Waals surface area contributed by atoms with E-state index in [4.69, 9.17) is 0 Å². The van der Waals surface area contributed by atoms with Crippen molar-refractivity contribution in [2.24, 2.45) is 0 Å². The van der Waals surface area contributed by atoms with Gasteiger partial charge in [0.2, 0.25) is 0 Å². The topological polar surface area (TPSA) is 54.9 Å². The van der Waals surface area contributed by atoms with E-state index in [0.29, 0.717) is 11.3 Å². The number of anilines is 1. The Kier molecular flexibility index (Phi) is 4.49. The average Bonchev–Trinajstić information content (AvgIpc) is 2.43. The van der Waals surface area contributed by atoms with E-state index in [1.165, 1.54) is 0 Å². The van der Waals surface area contributed by atoms with Crippen LogP contribution in [-0.2, 0) is 6.42 Å². The highest BCUT2D eigenvalue weighted by atomic mass is 79.9. The van der Waals surface area contributed by atoms with Crippen molar-refractivity contribution in [3.8, 4) is 0 Å². The first kappa shape index (κ1) is 14.7. The average molecular weight is 334 g/mol. The van der Waals surface area contributed by atoms with Gasteiger partial charge in [-0.25, -0.2) is 0 Å². The Labute approximate surface area is 126 Å². The van der Waals surface area contributed by atoms with Gasteiger partial charge in [0, 0.05) is 10.2 Å². The molecule has 0 radical (unpaired) electrons. The lowest BCUT2D eigenvalue weighted by molar-refractivity contribution is 0.102. The molecule has 0 aliphatic heterocycles. The summed E-state index contributed by atoms with van der Waals surface area (Å²) in [4.78, 5) is 12.3. The Bertz CT molecular complexity index is 656. The fraction of sp³-hybridized carbons (Fsp3) is 0.267. The normalized spacial score (nSPS) is 10.4. The van der Waals surface area contributed by atoms with E-state index in [1.807, 2.05) is 25.1 Å². The van der Waals surface area contributed by atoms with Gasteiger partial charge in [-0.1, -0.05) is 22.9 Å². The summed E-state index contributed by atoms with van der Waals surface area (Å²) in [6.07, 6.45) is 0.849. The van der Waals surface area contributed by atoms with Crippen molar-refractivity contribution in [1.82, 2.24) is 10.2 Å². The van der Waals surface area contributed by atoms with Crippen molar-refractivity contribution < 1.29 is 4.79 Å². The van der Waals surface area contributed by atoms with Crippen molar-refractivity contribution >= 4 is 27.5 Å². The number of rotatable bonds is 3. The second-order valence-electron chi connectivity index (χ2n) is 4.59. The van der Waals surface area contributed by atoms with E-state index >= 15 is 0 Å². The second-order valence-corrected chi connectivity index (χ2v) is 5.51. The molecular weight excluding hydrogens is 318 g/mol. The molecule has 1 N–H and O–H groups in total. The number of aromatic nitrogens is 2. The van der Waals surface area contributed by atoms with Crippen LogP contribution in [0.15, 0.2) is 28.7 Å². The monoisotopic (exact) mass is 333 g/mol. The standard InChI is InChI=1S/C15H16BrN3O/c1-4-11-8-12(16)5-6-14(11)17-15(20)13-7-9(2)18-19-10(13)3/h5-8H,4H2,1-3H3,(H,17,20). The van der Waals surface area contributed by atoms with Crippen LogP contribution in [0, 0.1) is 13.8 Å². The first-order valence-corrected chi connectivity index (χ1v) is 7.21. The van der Waals surface area contributed by atoms with Gasteiger partial charge >= 0.3 is 0 Å². The summed E-state index contributed by atoms with van der Waals surface area (Å²) in [5, 5.41) is 10.9. The fourth-order valence-electron chi connectivity index (χ4n) is 1.95. The van der Waals surface area contributed by atoms with Crippen LogP contribution >= 0.6 is 15.9 Å². The Morgan fingerprint density at radius 1 is 1.25 bits per heavy atom. The van der Waals surface area contributed by atoms with E-state index in [0.717, 1.165) is 27.8 Å².